The Labute approximate surface area is 149 Å². The average Bonchev–Trinajstić information content (AvgIpc) is 3.11. The summed E-state index contributed by atoms with van der Waals surface area (Å²) in [5.41, 5.74) is 2.71. The molecular weight excluding hydrogens is 344 g/mol. The Morgan fingerprint density at radius 2 is 1.71 bits per heavy atom. The van der Waals surface area contributed by atoms with Crippen LogP contribution in [0.1, 0.15) is 16.5 Å². The predicted molar refractivity (Wildman–Crippen MR) is 96.3 cm³/mol. The third kappa shape index (κ3) is 2.39. The number of hydrogen-bond acceptors (Lipinski definition) is 3. The van der Waals surface area contributed by atoms with E-state index in [4.69, 9.17) is 11.6 Å². The molecule has 0 aliphatic carbocycles. The Morgan fingerprint density at radius 3 is 2.38 bits per heavy atom. The first-order chi connectivity index (χ1) is 11.6. The Hall–Kier alpha value is -1.98. The Bertz CT molecular complexity index is 807. The van der Waals surface area contributed by atoms with Crippen LogP contribution in [0.5, 0.6) is 0 Å². The largest absolute Gasteiger partial charge is 0.333 e. The van der Waals surface area contributed by atoms with Gasteiger partial charge in [0.25, 0.3) is 5.91 Å². The lowest BCUT2D eigenvalue weighted by Gasteiger charge is -2.23. The zero-order chi connectivity index (χ0) is 16.8. The van der Waals surface area contributed by atoms with Crippen molar-refractivity contribution in [1.82, 2.24) is 4.90 Å². The first-order valence-electron chi connectivity index (χ1n) is 7.66. The van der Waals surface area contributed by atoms with Crippen LogP contribution in [0.4, 0.5) is 10.5 Å². The summed E-state index contributed by atoms with van der Waals surface area (Å²) in [7, 11) is 0. The Kier molecular flexibility index (Phi) is 3.77. The SMILES string of the molecule is Cc1ccc(N2C(=O)[C@@H]3CS[C@@H](c4ccc(Cl)cc4)N3C2=O)cc1. The van der Waals surface area contributed by atoms with Crippen molar-refractivity contribution in [3.8, 4) is 0 Å². The first kappa shape index (κ1) is 15.5. The van der Waals surface area contributed by atoms with Gasteiger partial charge in [0, 0.05) is 10.8 Å². The molecule has 24 heavy (non-hydrogen) atoms. The molecule has 2 aliphatic rings. The molecule has 2 aliphatic heterocycles. The van der Waals surface area contributed by atoms with Crippen LogP contribution in [0.15, 0.2) is 48.5 Å². The maximum atomic E-state index is 12.9. The predicted octanol–water partition coefficient (Wildman–Crippen LogP) is 4.23. The molecule has 3 amide bonds. The molecule has 0 saturated carbocycles. The number of amides is 3. The van der Waals surface area contributed by atoms with Crippen LogP contribution in [-0.2, 0) is 4.79 Å². The fourth-order valence-electron chi connectivity index (χ4n) is 3.10. The van der Waals surface area contributed by atoms with Crippen LogP contribution < -0.4 is 4.90 Å². The number of carbonyl (C=O) groups excluding carboxylic acids is 2. The molecule has 4 nitrogen and oxygen atoms in total. The monoisotopic (exact) mass is 358 g/mol. The van der Waals surface area contributed by atoms with Gasteiger partial charge in [-0.05, 0) is 36.8 Å². The number of halogens is 1. The summed E-state index contributed by atoms with van der Waals surface area (Å²) >= 11 is 7.56. The molecule has 2 saturated heterocycles. The van der Waals surface area contributed by atoms with E-state index in [1.54, 1.807) is 16.7 Å². The van der Waals surface area contributed by atoms with Gasteiger partial charge in [-0.25, -0.2) is 9.69 Å². The minimum absolute atomic E-state index is 0.146. The summed E-state index contributed by atoms with van der Waals surface area (Å²) < 4.78 is 0. The van der Waals surface area contributed by atoms with Gasteiger partial charge in [-0.15, -0.1) is 11.8 Å². The van der Waals surface area contributed by atoms with E-state index in [0.29, 0.717) is 16.5 Å². The lowest BCUT2D eigenvalue weighted by molar-refractivity contribution is -0.119. The van der Waals surface area contributed by atoms with Crippen LogP contribution in [0.3, 0.4) is 0 Å². The van der Waals surface area contributed by atoms with Gasteiger partial charge < -0.3 is 0 Å². The molecule has 2 atom stereocenters. The molecule has 0 unspecified atom stereocenters. The summed E-state index contributed by atoms with van der Waals surface area (Å²) in [6.07, 6.45) is 0. The molecule has 0 radical (unpaired) electrons. The van der Waals surface area contributed by atoms with Gasteiger partial charge in [0.05, 0.1) is 5.69 Å². The third-order valence-electron chi connectivity index (χ3n) is 4.37. The van der Waals surface area contributed by atoms with Crippen molar-refractivity contribution in [3.05, 3.63) is 64.7 Å². The molecule has 0 aromatic heterocycles. The molecule has 122 valence electrons. The number of thioether (sulfide) groups is 1. The summed E-state index contributed by atoms with van der Waals surface area (Å²) in [5.74, 6) is 0.466. The maximum Gasteiger partial charge on any atom is 0.333 e. The lowest BCUT2D eigenvalue weighted by atomic mass is 10.2. The summed E-state index contributed by atoms with van der Waals surface area (Å²) in [4.78, 5) is 28.7. The number of anilines is 1. The van der Waals surface area contributed by atoms with Crippen molar-refractivity contribution in [2.75, 3.05) is 10.7 Å². The number of hydrogen-bond donors (Lipinski definition) is 0. The van der Waals surface area contributed by atoms with E-state index in [1.165, 1.54) is 4.90 Å². The van der Waals surface area contributed by atoms with Crippen molar-refractivity contribution >= 4 is 41.0 Å². The van der Waals surface area contributed by atoms with Crippen molar-refractivity contribution in [1.29, 1.82) is 0 Å². The molecule has 2 fully saturated rings. The van der Waals surface area contributed by atoms with E-state index in [1.807, 2.05) is 55.5 Å². The van der Waals surface area contributed by atoms with Crippen molar-refractivity contribution < 1.29 is 9.59 Å². The van der Waals surface area contributed by atoms with Gasteiger partial charge >= 0.3 is 6.03 Å². The average molecular weight is 359 g/mol. The number of urea groups is 1. The normalized spacial score (nSPS) is 23.1. The second-order valence-corrected chi connectivity index (χ2v) is 7.50. The number of imide groups is 1. The smallest absolute Gasteiger partial charge is 0.295 e. The van der Waals surface area contributed by atoms with Gasteiger partial charge in [0.2, 0.25) is 0 Å². The van der Waals surface area contributed by atoms with Crippen LogP contribution in [0, 0.1) is 6.92 Å². The standard InChI is InChI=1S/C18H15ClN2O2S/c1-11-2-8-14(9-3-11)20-16(22)15-10-24-17(21(15)18(20)23)12-4-6-13(19)7-5-12/h2-9,15,17H,10H2,1H3/t15-,17-/m0/s1. The van der Waals surface area contributed by atoms with E-state index in [9.17, 15) is 9.59 Å². The second kappa shape index (κ2) is 5.83. The summed E-state index contributed by atoms with van der Waals surface area (Å²) in [5, 5.41) is 0.502. The fraction of sp³-hybridized carbons (Fsp3) is 0.222. The van der Waals surface area contributed by atoms with Gasteiger partial charge in [0.1, 0.15) is 11.4 Å². The molecule has 6 heteroatoms. The molecule has 0 spiro atoms. The van der Waals surface area contributed by atoms with E-state index in [-0.39, 0.29) is 17.3 Å². The highest BCUT2D eigenvalue weighted by Crippen LogP contribution is 2.46. The van der Waals surface area contributed by atoms with Gasteiger partial charge in [-0.3, -0.25) is 9.69 Å². The van der Waals surface area contributed by atoms with Crippen LogP contribution >= 0.6 is 23.4 Å². The first-order valence-corrected chi connectivity index (χ1v) is 9.09. The third-order valence-corrected chi connectivity index (χ3v) is 5.94. The lowest BCUT2D eigenvalue weighted by Crippen LogP contribution is -2.33. The number of rotatable bonds is 2. The maximum absolute atomic E-state index is 12.9. The number of benzene rings is 2. The highest BCUT2D eigenvalue weighted by Gasteiger charge is 2.53. The quantitative estimate of drug-likeness (QED) is 0.754. The number of carbonyl (C=O) groups is 2. The molecular formula is C18H15ClN2O2S. The summed E-state index contributed by atoms with van der Waals surface area (Å²) in [6.45, 7) is 1.98. The van der Waals surface area contributed by atoms with Crippen molar-refractivity contribution in [2.24, 2.45) is 0 Å². The number of aryl methyl sites for hydroxylation is 1. The minimum atomic E-state index is -0.399. The molecule has 2 heterocycles. The van der Waals surface area contributed by atoms with E-state index < -0.39 is 6.04 Å². The second-order valence-electron chi connectivity index (χ2n) is 5.95. The highest BCUT2D eigenvalue weighted by molar-refractivity contribution is 7.99. The van der Waals surface area contributed by atoms with Gasteiger partial charge in [-0.1, -0.05) is 41.4 Å². The Morgan fingerprint density at radius 1 is 1.04 bits per heavy atom. The number of nitrogens with zero attached hydrogens (tertiary/aromatic N) is 2. The summed E-state index contributed by atoms with van der Waals surface area (Å²) in [6, 6.07) is 14.2. The Balaban J connectivity index is 1.67. The van der Waals surface area contributed by atoms with Crippen molar-refractivity contribution in [2.45, 2.75) is 18.3 Å². The van der Waals surface area contributed by atoms with Crippen LogP contribution in [0.25, 0.3) is 0 Å². The van der Waals surface area contributed by atoms with Gasteiger partial charge in [0.15, 0.2) is 0 Å². The van der Waals surface area contributed by atoms with Crippen LogP contribution in [-0.4, -0.2) is 28.6 Å². The molecule has 0 N–H and O–H groups in total. The van der Waals surface area contributed by atoms with E-state index in [2.05, 4.69) is 0 Å². The zero-order valence-electron chi connectivity index (χ0n) is 13.0. The molecule has 0 bridgehead atoms. The van der Waals surface area contributed by atoms with Crippen LogP contribution in [0.2, 0.25) is 5.02 Å². The molecule has 2 aromatic rings. The number of fused-ring (bicyclic) bond motifs is 1. The van der Waals surface area contributed by atoms with E-state index >= 15 is 0 Å². The fourth-order valence-corrected chi connectivity index (χ4v) is 4.65. The van der Waals surface area contributed by atoms with Gasteiger partial charge in [-0.2, -0.15) is 0 Å². The van der Waals surface area contributed by atoms with Crippen molar-refractivity contribution in [3.63, 3.8) is 0 Å². The topological polar surface area (TPSA) is 40.6 Å². The zero-order valence-corrected chi connectivity index (χ0v) is 14.6. The van der Waals surface area contributed by atoms with E-state index in [0.717, 1.165) is 11.1 Å². The highest BCUT2D eigenvalue weighted by atomic mass is 35.5. The molecule has 2 aromatic carbocycles. The minimum Gasteiger partial charge on any atom is -0.295 e. The molecule has 4 rings (SSSR count).